The standard InChI is InChI=1S/C10H18O6/c1-6(16-10(14)8(3)12)4-5-15-9(13)7(2)11/h6-8,11-12H,4-5H2,1-3H3/t6-,7-,8-/m0/s1. The quantitative estimate of drug-likeness (QED) is 0.608. The Labute approximate surface area is 94.2 Å². The average Bonchev–Trinajstić information content (AvgIpc) is 2.16. The Morgan fingerprint density at radius 2 is 1.56 bits per heavy atom. The van der Waals surface area contributed by atoms with Gasteiger partial charge in [-0.15, -0.1) is 0 Å². The summed E-state index contributed by atoms with van der Waals surface area (Å²) in [5.41, 5.74) is 0. The van der Waals surface area contributed by atoms with Crippen molar-refractivity contribution in [3.05, 3.63) is 0 Å². The maximum absolute atomic E-state index is 10.9. The Hall–Kier alpha value is -1.14. The number of aliphatic hydroxyl groups is 2. The van der Waals surface area contributed by atoms with Crippen LogP contribution in [0.25, 0.3) is 0 Å². The van der Waals surface area contributed by atoms with Crippen LogP contribution in [-0.4, -0.2) is 47.1 Å². The molecule has 0 aliphatic rings. The molecule has 0 aromatic carbocycles. The summed E-state index contributed by atoms with van der Waals surface area (Å²) in [6.07, 6.45) is -2.46. The third-order valence-corrected chi connectivity index (χ3v) is 1.77. The highest BCUT2D eigenvalue weighted by Crippen LogP contribution is 2.01. The zero-order chi connectivity index (χ0) is 12.7. The molecule has 0 unspecified atom stereocenters. The second-order valence-electron chi connectivity index (χ2n) is 3.56. The van der Waals surface area contributed by atoms with Crippen molar-refractivity contribution in [3.8, 4) is 0 Å². The number of hydrogen-bond donors (Lipinski definition) is 2. The summed E-state index contributed by atoms with van der Waals surface area (Å²) in [7, 11) is 0. The second-order valence-corrected chi connectivity index (χ2v) is 3.56. The summed E-state index contributed by atoms with van der Waals surface area (Å²) < 4.78 is 9.48. The van der Waals surface area contributed by atoms with E-state index in [4.69, 9.17) is 14.9 Å². The van der Waals surface area contributed by atoms with Gasteiger partial charge >= 0.3 is 11.9 Å². The van der Waals surface area contributed by atoms with E-state index in [1.165, 1.54) is 13.8 Å². The van der Waals surface area contributed by atoms with Crippen molar-refractivity contribution < 1.29 is 29.3 Å². The van der Waals surface area contributed by atoms with Crippen LogP contribution in [0.4, 0.5) is 0 Å². The fraction of sp³-hybridized carbons (Fsp3) is 0.800. The van der Waals surface area contributed by atoms with E-state index in [1.54, 1.807) is 6.92 Å². The van der Waals surface area contributed by atoms with E-state index < -0.39 is 30.3 Å². The Kier molecular flexibility index (Phi) is 6.67. The number of ether oxygens (including phenoxy) is 2. The van der Waals surface area contributed by atoms with Crippen LogP contribution >= 0.6 is 0 Å². The summed E-state index contributed by atoms with van der Waals surface area (Å²) in [5, 5.41) is 17.7. The first-order valence-electron chi connectivity index (χ1n) is 5.07. The Morgan fingerprint density at radius 1 is 1.06 bits per heavy atom. The largest absolute Gasteiger partial charge is 0.464 e. The Morgan fingerprint density at radius 3 is 2.00 bits per heavy atom. The fourth-order valence-corrected chi connectivity index (χ4v) is 0.802. The predicted octanol–water partition coefficient (Wildman–Crippen LogP) is -0.387. The molecule has 0 aliphatic carbocycles. The first-order chi connectivity index (χ1) is 7.34. The molecule has 0 aromatic heterocycles. The molecule has 0 aromatic rings. The van der Waals surface area contributed by atoms with E-state index in [0.717, 1.165) is 0 Å². The minimum atomic E-state index is -1.16. The van der Waals surface area contributed by atoms with Gasteiger partial charge in [-0.05, 0) is 20.8 Å². The van der Waals surface area contributed by atoms with E-state index in [0.29, 0.717) is 6.42 Å². The lowest BCUT2D eigenvalue weighted by Gasteiger charge is -2.14. The maximum Gasteiger partial charge on any atom is 0.334 e. The summed E-state index contributed by atoms with van der Waals surface area (Å²) in [5.74, 6) is -1.43. The lowest BCUT2D eigenvalue weighted by atomic mass is 10.3. The number of carbonyl (C=O) groups excluding carboxylic acids is 2. The maximum atomic E-state index is 10.9. The van der Waals surface area contributed by atoms with Gasteiger partial charge in [0.05, 0.1) is 6.61 Å². The molecular weight excluding hydrogens is 216 g/mol. The third-order valence-electron chi connectivity index (χ3n) is 1.77. The van der Waals surface area contributed by atoms with E-state index in [2.05, 4.69) is 4.74 Å². The first kappa shape index (κ1) is 14.9. The van der Waals surface area contributed by atoms with Crippen LogP contribution in [0.3, 0.4) is 0 Å². The molecule has 0 heterocycles. The topological polar surface area (TPSA) is 93.1 Å². The Balaban J connectivity index is 3.70. The minimum Gasteiger partial charge on any atom is -0.464 e. The van der Waals surface area contributed by atoms with E-state index in [-0.39, 0.29) is 6.61 Å². The van der Waals surface area contributed by atoms with Crippen LogP contribution in [0.15, 0.2) is 0 Å². The van der Waals surface area contributed by atoms with Crippen LogP contribution in [0.5, 0.6) is 0 Å². The van der Waals surface area contributed by atoms with Crippen molar-refractivity contribution in [2.24, 2.45) is 0 Å². The van der Waals surface area contributed by atoms with Gasteiger partial charge in [-0.3, -0.25) is 0 Å². The number of esters is 2. The second kappa shape index (κ2) is 7.19. The number of aliphatic hydroxyl groups excluding tert-OH is 2. The Bertz CT molecular complexity index is 235. The van der Waals surface area contributed by atoms with Crippen molar-refractivity contribution in [2.45, 2.75) is 45.5 Å². The summed E-state index contributed by atoms with van der Waals surface area (Å²) in [4.78, 5) is 21.8. The monoisotopic (exact) mass is 234 g/mol. The SMILES string of the molecule is C[C@H](O)C(=O)OCC[C@H](C)OC(=O)[C@H](C)O. The van der Waals surface area contributed by atoms with Crippen molar-refractivity contribution >= 4 is 11.9 Å². The molecule has 6 heteroatoms. The van der Waals surface area contributed by atoms with Gasteiger partial charge < -0.3 is 19.7 Å². The molecule has 0 saturated heterocycles. The lowest BCUT2D eigenvalue weighted by Crippen LogP contribution is -2.26. The number of rotatable bonds is 6. The molecule has 16 heavy (non-hydrogen) atoms. The molecule has 0 bridgehead atoms. The van der Waals surface area contributed by atoms with Gasteiger partial charge in [-0.2, -0.15) is 0 Å². The normalized spacial score (nSPS) is 16.1. The molecule has 94 valence electrons. The number of carbonyl (C=O) groups is 2. The van der Waals surface area contributed by atoms with Crippen LogP contribution in [0.1, 0.15) is 27.2 Å². The summed E-state index contributed by atoms with van der Waals surface area (Å²) in [6.45, 7) is 4.29. The minimum absolute atomic E-state index is 0.0536. The molecular formula is C10H18O6. The zero-order valence-corrected chi connectivity index (χ0v) is 9.67. The van der Waals surface area contributed by atoms with Crippen molar-refractivity contribution in [2.75, 3.05) is 6.61 Å². The highest BCUT2D eigenvalue weighted by molar-refractivity contribution is 5.74. The number of hydrogen-bond acceptors (Lipinski definition) is 6. The van der Waals surface area contributed by atoms with E-state index >= 15 is 0 Å². The summed E-state index contributed by atoms with van der Waals surface area (Å²) in [6, 6.07) is 0. The molecule has 0 amide bonds. The van der Waals surface area contributed by atoms with E-state index in [9.17, 15) is 9.59 Å². The predicted molar refractivity (Wildman–Crippen MR) is 54.5 cm³/mol. The van der Waals surface area contributed by atoms with Gasteiger partial charge in [0.25, 0.3) is 0 Å². The van der Waals surface area contributed by atoms with Gasteiger partial charge in [0.1, 0.15) is 18.3 Å². The zero-order valence-electron chi connectivity index (χ0n) is 9.67. The van der Waals surface area contributed by atoms with Gasteiger partial charge in [-0.1, -0.05) is 0 Å². The lowest BCUT2D eigenvalue weighted by molar-refractivity contribution is -0.159. The third kappa shape index (κ3) is 6.36. The summed E-state index contributed by atoms with van der Waals surface area (Å²) >= 11 is 0. The molecule has 0 fully saturated rings. The smallest absolute Gasteiger partial charge is 0.334 e. The van der Waals surface area contributed by atoms with Crippen molar-refractivity contribution in [3.63, 3.8) is 0 Å². The van der Waals surface area contributed by atoms with Gasteiger partial charge in [0.2, 0.25) is 0 Å². The molecule has 6 nitrogen and oxygen atoms in total. The first-order valence-corrected chi connectivity index (χ1v) is 5.07. The molecule has 3 atom stereocenters. The van der Waals surface area contributed by atoms with Crippen LogP contribution in [0.2, 0.25) is 0 Å². The van der Waals surface area contributed by atoms with Crippen LogP contribution < -0.4 is 0 Å². The highest BCUT2D eigenvalue weighted by atomic mass is 16.6. The van der Waals surface area contributed by atoms with Gasteiger partial charge in [0.15, 0.2) is 0 Å². The van der Waals surface area contributed by atoms with Gasteiger partial charge in [0, 0.05) is 6.42 Å². The van der Waals surface area contributed by atoms with Crippen LogP contribution in [0, 0.1) is 0 Å². The van der Waals surface area contributed by atoms with Gasteiger partial charge in [-0.25, -0.2) is 9.59 Å². The van der Waals surface area contributed by atoms with Crippen molar-refractivity contribution in [1.29, 1.82) is 0 Å². The van der Waals surface area contributed by atoms with Crippen LogP contribution in [-0.2, 0) is 19.1 Å². The molecule has 0 aliphatic heterocycles. The highest BCUT2D eigenvalue weighted by Gasteiger charge is 2.15. The molecule has 0 radical (unpaired) electrons. The molecule has 0 saturated carbocycles. The molecule has 2 N–H and O–H groups in total. The molecule has 0 rings (SSSR count). The average molecular weight is 234 g/mol. The molecule has 0 spiro atoms. The fourth-order valence-electron chi connectivity index (χ4n) is 0.802. The van der Waals surface area contributed by atoms with E-state index in [1.807, 2.05) is 0 Å². The van der Waals surface area contributed by atoms with Crippen molar-refractivity contribution in [1.82, 2.24) is 0 Å².